The minimum Gasteiger partial charge on any atom is -1.00 e. The molecule has 9 heteroatoms. The smallest absolute Gasteiger partial charge is 0.338 e. The number of aryl methyl sites for hydroxylation is 3. The number of amides is 1. The molecule has 8 nitrogen and oxygen atoms in total. The van der Waals surface area contributed by atoms with Crippen LogP contribution < -0.4 is 17.7 Å². The third-order valence-electron chi connectivity index (χ3n) is 5.50. The molecule has 3 rings (SSSR count). The molecule has 0 aromatic heterocycles. The fourth-order valence-corrected chi connectivity index (χ4v) is 4.06. The highest BCUT2D eigenvalue weighted by Crippen LogP contribution is 2.24. The molecule has 1 unspecified atom stereocenters. The molecule has 1 amide bonds. The lowest BCUT2D eigenvalue weighted by Crippen LogP contribution is -3.00. The lowest BCUT2D eigenvalue weighted by Gasteiger charge is -2.24. The Balaban J connectivity index is 0.00000363. The first-order chi connectivity index (χ1) is 14.8. The summed E-state index contributed by atoms with van der Waals surface area (Å²) in [5.74, 6) is -0.674. The van der Waals surface area contributed by atoms with E-state index < -0.39 is 10.9 Å². The van der Waals surface area contributed by atoms with E-state index in [0.29, 0.717) is 6.54 Å². The van der Waals surface area contributed by atoms with Crippen LogP contribution in [-0.2, 0) is 9.53 Å². The Morgan fingerprint density at radius 1 is 1.19 bits per heavy atom. The zero-order valence-corrected chi connectivity index (χ0v) is 19.1. The Morgan fingerprint density at radius 3 is 2.53 bits per heavy atom. The molecule has 2 aromatic rings. The number of nitro benzene ring substituents is 1. The van der Waals surface area contributed by atoms with Crippen molar-refractivity contribution in [2.75, 3.05) is 25.0 Å². The summed E-state index contributed by atoms with van der Waals surface area (Å²) >= 11 is 0. The van der Waals surface area contributed by atoms with Crippen molar-refractivity contribution in [2.24, 2.45) is 0 Å². The van der Waals surface area contributed by atoms with Crippen LogP contribution in [0.2, 0.25) is 0 Å². The van der Waals surface area contributed by atoms with Gasteiger partial charge in [-0.15, -0.1) is 0 Å². The lowest BCUT2D eigenvalue weighted by atomic mass is 10.0. The van der Waals surface area contributed by atoms with Crippen molar-refractivity contribution in [3.63, 3.8) is 0 Å². The van der Waals surface area contributed by atoms with E-state index in [1.807, 2.05) is 37.8 Å². The van der Waals surface area contributed by atoms with E-state index in [1.54, 1.807) is 0 Å². The van der Waals surface area contributed by atoms with E-state index in [-0.39, 0.29) is 42.2 Å². The standard InChI is InChI=1S/C23H27N3O5.ClH/c1-15-12-16(2)21(17(3)13-15)24-22(27)20-8-5-9-25(20)10-11-31-23(28)18-6-4-7-19(14-18)26(29)30;/h4,6-7,12-14,20H,5,8-11H2,1-3H3,(H,24,27);1H/p-1. The average Bonchev–Trinajstić information content (AvgIpc) is 3.19. The van der Waals surface area contributed by atoms with Crippen LogP contribution in [0, 0.1) is 30.9 Å². The number of nitrogens with zero attached hydrogens (tertiary/aromatic N) is 2. The number of carbonyl (C=O) groups excluding carboxylic acids is 2. The van der Waals surface area contributed by atoms with Crippen LogP contribution in [0.25, 0.3) is 0 Å². The SMILES string of the molecule is Cc1cc(C)c(NC(=O)C2CCCN2CCOC(=O)c2cccc([N+](=O)[O-])c2)c(C)c1.[Cl-]. The highest BCUT2D eigenvalue weighted by molar-refractivity contribution is 5.96. The van der Waals surface area contributed by atoms with E-state index in [1.165, 1.54) is 24.3 Å². The summed E-state index contributed by atoms with van der Waals surface area (Å²) in [6.07, 6.45) is 1.64. The number of anilines is 1. The Morgan fingerprint density at radius 2 is 1.88 bits per heavy atom. The van der Waals surface area contributed by atoms with E-state index in [0.717, 1.165) is 41.8 Å². The minimum atomic E-state index is -0.616. The van der Waals surface area contributed by atoms with Gasteiger partial charge in [-0.25, -0.2) is 4.79 Å². The second-order valence-electron chi connectivity index (χ2n) is 7.90. The van der Waals surface area contributed by atoms with Gasteiger partial charge < -0.3 is 22.5 Å². The van der Waals surface area contributed by atoms with Crippen LogP contribution in [0.15, 0.2) is 36.4 Å². The number of nitrogens with one attached hydrogen (secondary N) is 1. The molecule has 2 aromatic carbocycles. The van der Waals surface area contributed by atoms with Crippen LogP contribution >= 0.6 is 0 Å². The minimum absolute atomic E-state index is 0. The fraction of sp³-hybridized carbons (Fsp3) is 0.391. The van der Waals surface area contributed by atoms with Gasteiger partial charge in [0.1, 0.15) is 6.61 Å². The molecular formula is C23H27ClN3O5-. The van der Waals surface area contributed by atoms with Crippen LogP contribution in [0.1, 0.15) is 39.9 Å². The van der Waals surface area contributed by atoms with Crippen molar-refractivity contribution in [3.8, 4) is 0 Å². The van der Waals surface area contributed by atoms with Gasteiger partial charge in [0.25, 0.3) is 5.69 Å². The number of halogens is 1. The number of esters is 1. The third-order valence-corrected chi connectivity index (χ3v) is 5.50. The van der Waals surface area contributed by atoms with Crippen LogP contribution in [0.4, 0.5) is 11.4 Å². The summed E-state index contributed by atoms with van der Waals surface area (Å²) in [5, 5.41) is 13.9. The second-order valence-corrected chi connectivity index (χ2v) is 7.90. The van der Waals surface area contributed by atoms with Crippen LogP contribution in [0.3, 0.4) is 0 Å². The molecule has 0 radical (unpaired) electrons. The molecular weight excluding hydrogens is 434 g/mol. The first-order valence-corrected chi connectivity index (χ1v) is 10.3. The largest absolute Gasteiger partial charge is 1.00 e. The van der Waals surface area contributed by atoms with Gasteiger partial charge in [0, 0.05) is 24.4 Å². The fourth-order valence-electron chi connectivity index (χ4n) is 4.06. The maximum atomic E-state index is 12.9. The molecule has 1 saturated heterocycles. The summed E-state index contributed by atoms with van der Waals surface area (Å²) in [6, 6.07) is 9.25. The average molecular weight is 461 g/mol. The van der Waals surface area contributed by atoms with Crippen LogP contribution in [-0.4, -0.2) is 47.4 Å². The Hall–Kier alpha value is -2.97. The number of rotatable bonds is 7. The van der Waals surface area contributed by atoms with Gasteiger partial charge in [0.05, 0.1) is 16.5 Å². The zero-order valence-electron chi connectivity index (χ0n) is 18.4. The number of nitro groups is 1. The zero-order chi connectivity index (χ0) is 22.5. The molecule has 1 heterocycles. The number of hydrogen-bond acceptors (Lipinski definition) is 6. The molecule has 0 bridgehead atoms. The Labute approximate surface area is 193 Å². The molecule has 1 aliphatic rings. The van der Waals surface area contributed by atoms with E-state index in [9.17, 15) is 19.7 Å². The summed E-state index contributed by atoms with van der Waals surface area (Å²) < 4.78 is 5.29. The lowest BCUT2D eigenvalue weighted by molar-refractivity contribution is -0.384. The normalized spacial score (nSPS) is 15.7. The van der Waals surface area contributed by atoms with Gasteiger partial charge in [-0.1, -0.05) is 23.8 Å². The molecule has 32 heavy (non-hydrogen) atoms. The molecule has 1 atom stereocenters. The van der Waals surface area contributed by atoms with Gasteiger partial charge in [0.2, 0.25) is 5.91 Å². The van der Waals surface area contributed by atoms with Crippen molar-refractivity contribution in [1.29, 1.82) is 0 Å². The van der Waals surface area contributed by atoms with Crippen molar-refractivity contribution in [2.45, 2.75) is 39.7 Å². The third kappa shape index (κ3) is 6.05. The van der Waals surface area contributed by atoms with E-state index >= 15 is 0 Å². The molecule has 1 aliphatic heterocycles. The van der Waals surface area contributed by atoms with E-state index in [2.05, 4.69) is 5.32 Å². The van der Waals surface area contributed by atoms with Gasteiger partial charge in [-0.2, -0.15) is 0 Å². The van der Waals surface area contributed by atoms with Gasteiger partial charge in [-0.3, -0.25) is 19.8 Å². The van der Waals surface area contributed by atoms with Crippen molar-refractivity contribution >= 4 is 23.3 Å². The monoisotopic (exact) mass is 460 g/mol. The highest BCUT2D eigenvalue weighted by atomic mass is 35.5. The van der Waals surface area contributed by atoms with Crippen molar-refractivity contribution in [1.82, 2.24) is 4.90 Å². The van der Waals surface area contributed by atoms with Gasteiger partial charge >= 0.3 is 5.97 Å². The summed E-state index contributed by atoms with van der Waals surface area (Å²) in [7, 11) is 0. The number of ether oxygens (including phenoxy) is 1. The first kappa shape index (κ1) is 25.3. The quantitative estimate of drug-likeness (QED) is 0.372. The van der Waals surface area contributed by atoms with Gasteiger partial charge in [0.15, 0.2) is 0 Å². The van der Waals surface area contributed by atoms with Crippen LogP contribution in [0.5, 0.6) is 0 Å². The number of benzene rings is 2. The number of likely N-dealkylation sites (tertiary alicyclic amines) is 1. The molecule has 0 spiro atoms. The Kier molecular flexibility index (Phi) is 8.74. The number of hydrogen-bond donors (Lipinski definition) is 1. The van der Waals surface area contributed by atoms with Crippen molar-refractivity contribution in [3.05, 3.63) is 68.8 Å². The maximum absolute atomic E-state index is 12.9. The Bertz CT molecular complexity index is 988. The van der Waals surface area contributed by atoms with E-state index in [4.69, 9.17) is 4.74 Å². The molecule has 0 saturated carbocycles. The number of carbonyl (C=O) groups is 2. The number of non-ortho nitro benzene ring substituents is 1. The predicted molar refractivity (Wildman–Crippen MR) is 117 cm³/mol. The first-order valence-electron chi connectivity index (χ1n) is 10.3. The maximum Gasteiger partial charge on any atom is 0.338 e. The van der Waals surface area contributed by atoms with Crippen molar-refractivity contribution < 1.29 is 31.7 Å². The summed E-state index contributed by atoms with van der Waals surface area (Å²) in [5.41, 5.74) is 4.03. The molecule has 172 valence electrons. The predicted octanol–water partition coefficient (Wildman–Crippen LogP) is 0.784. The molecule has 0 aliphatic carbocycles. The summed E-state index contributed by atoms with van der Waals surface area (Å²) in [6.45, 7) is 7.26. The second kappa shape index (κ2) is 11.1. The summed E-state index contributed by atoms with van der Waals surface area (Å²) in [4.78, 5) is 37.4. The van der Waals surface area contributed by atoms with Gasteiger partial charge in [-0.05, 0) is 57.4 Å². The molecule has 1 N–H and O–H groups in total. The molecule has 1 fully saturated rings. The highest BCUT2D eigenvalue weighted by Gasteiger charge is 2.31. The topological polar surface area (TPSA) is 102 Å².